The van der Waals surface area contributed by atoms with Gasteiger partial charge < -0.3 is 24.1 Å². The molecular weight excluding hydrogens is 264 g/mol. The molecular formula is C14H20O6. The van der Waals surface area contributed by atoms with E-state index < -0.39 is 0 Å². The third kappa shape index (κ3) is 6.51. The molecule has 0 fully saturated rings. The van der Waals surface area contributed by atoms with Crippen molar-refractivity contribution < 1.29 is 28.8 Å². The Bertz CT molecular complexity index is 393. The maximum atomic E-state index is 10.5. The fraction of sp³-hybridized carbons (Fsp3) is 0.500. The number of carbonyl (C=O) groups excluding carboxylic acids is 1. The van der Waals surface area contributed by atoms with Crippen molar-refractivity contribution in [2.45, 2.75) is 0 Å². The molecule has 0 aromatic heterocycles. The largest absolute Gasteiger partial charge is 0.507 e. The summed E-state index contributed by atoms with van der Waals surface area (Å²) in [6, 6.07) is 4.52. The number of phenolic OH excluding ortho intramolecular Hbond substituents is 1. The Kier molecular flexibility index (Phi) is 8.37. The molecule has 0 heterocycles. The molecule has 1 aromatic carbocycles. The van der Waals surface area contributed by atoms with Gasteiger partial charge in [-0.15, -0.1) is 0 Å². The van der Waals surface area contributed by atoms with E-state index in [9.17, 15) is 9.90 Å². The topological polar surface area (TPSA) is 74.2 Å². The molecule has 0 radical (unpaired) electrons. The number of rotatable bonds is 11. The van der Waals surface area contributed by atoms with Crippen LogP contribution in [-0.4, -0.2) is 58.1 Å². The van der Waals surface area contributed by atoms with Gasteiger partial charge in [0.2, 0.25) is 0 Å². The zero-order valence-electron chi connectivity index (χ0n) is 11.5. The van der Waals surface area contributed by atoms with Gasteiger partial charge in [-0.1, -0.05) is 0 Å². The molecule has 0 saturated heterocycles. The summed E-state index contributed by atoms with van der Waals surface area (Å²) in [5, 5.41) is 9.47. The van der Waals surface area contributed by atoms with E-state index in [-0.39, 0.29) is 11.3 Å². The highest BCUT2D eigenvalue weighted by Crippen LogP contribution is 2.21. The smallest absolute Gasteiger partial charge is 0.153 e. The second-order valence-electron chi connectivity index (χ2n) is 3.90. The molecule has 1 rings (SSSR count). The van der Waals surface area contributed by atoms with Gasteiger partial charge in [-0.3, -0.25) is 4.79 Å². The summed E-state index contributed by atoms with van der Waals surface area (Å²) >= 11 is 0. The second kappa shape index (κ2) is 10.2. The van der Waals surface area contributed by atoms with Gasteiger partial charge in [0.1, 0.15) is 18.1 Å². The first kappa shape index (κ1) is 16.4. The van der Waals surface area contributed by atoms with E-state index in [2.05, 4.69) is 0 Å². The van der Waals surface area contributed by atoms with Gasteiger partial charge in [0.05, 0.1) is 38.6 Å². The molecule has 0 aliphatic heterocycles. The molecule has 1 N–H and O–H groups in total. The van der Waals surface area contributed by atoms with Crippen LogP contribution in [0, 0.1) is 0 Å². The summed E-state index contributed by atoms with van der Waals surface area (Å²) in [5.41, 5.74) is 0.238. The molecule has 0 spiro atoms. The first-order valence-electron chi connectivity index (χ1n) is 6.33. The molecule has 1 aromatic rings. The highest BCUT2D eigenvalue weighted by Gasteiger charge is 2.02. The van der Waals surface area contributed by atoms with Gasteiger partial charge in [-0.25, -0.2) is 0 Å². The van der Waals surface area contributed by atoms with Gasteiger partial charge in [0.25, 0.3) is 0 Å². The minimum Gasteiger partial charge on any atom is -0.507 e. The van der Waals surface area contributed by atoms with Gasteiger partial charge in [0.15, 0.2) is 6.29 Å². The van der Waals surface area contributed by atoms with Crippen LogP contribution in [0.1, 0.15) is 10.4 Å². The maximum Gasteiger partial charge on any atom is 0.153 e. The van der Waals surface area contributed by atoms with Gasteiger partial charge in [0, 0.05) is 13.2 Å². The van der Waals surface area contributed by atoms with E-state index in [0.29, 0.717) is 51.7 Å². The van der Waals surface area contributed by atoms with Crippen molar-refractivity contribution in [3.8, 4) is 11.5 Å². The predicted octanol–water partition coefficient (Wildman–Crippen LogP) is 1.26. The summed E-state index contributed by atoms with van der Waals surface area (Å²) in [7, 11) is 1.62. The third-order valence-electron chi connectivity index (χ3n) is 2.43. The molecule has 0 bridgehead atoms. The average Bonchev–Trinajstić information content (AvgIpc) is 2.46. The van der Waals surface area contributed by atoms with E-state index in [4.69, 9.17) is 18.9 Å². The lowest BCUT2D eigenvalue weighted by Gasteiger charge is -2.08. The van der Waals surface area contributed by atoms with Gasteiger partial charge >= 0.3 is 0 Å². The third-order valence-corrected chi connectivity index (χ3v) is 2.43. The summed E-state index contributed by atoms with van der Waals surface area (Å²) in [4.78, 5) is 10.5. The lowest BCUT2D eigenvalue weighted by molar-refractivity contribution is 0.0179. The number of hydrogen-bond donors (Lipinski definition) is 1. The number of phenols is 1. The Balaban J connectivity index is 2.06. The number of carbonyl (C=O) groups is 1. The van der Waals surface area contributed by atoms with Crippen LogP contribution in [0.25, 0.3) is 0 Å². The van der Waals surface area contributed by atoms with E-state index in [1.165, 1.54) is 12.1 Å². The number of aldehydes is 1. The Labute approximate surface area is 118 Å². The molecule has 0 aliphatic rings. The van der Waals surface area contributed by atoms with Gasteiger partial charge in [-0.2, -0.15) is 0 Å². The molecule has 20 heavy (non-hydrogen) atoms. The molecule has 6 heteroatoms. The van der Waals surface area contributed by atoms with Crippen molar-refractivity contribution in [1.82, 2.24) is 0 Å². The van der Waals surface area contributed by atoms with Crippen molar-refractivity contribution >= 4 is 6.29 Å². The van der Waals surface area contributed by atoms with Crippen LogP contribution in [0.5, 0.6) is 11.5 Å². The summed E-state index contributed by atoms with van der Waals surface area (Å²) in [6.45, 7) is 2.91. The van der Waals surface area contributed by atoms with Crippen LogP contribution in [0.2, 0.25) is 0 Å². The zero-order valence-corrected chi connectivity index (χ0v) is 11.5. The average molecular weight is 284 g/mol. The van der Waals surface area contributed by atoms with E-state index in [0.717, 1.165) is 0 Å². The number of benzene rings is 1. The molecule has 6 nitrogen and oxygen atoms in total. The van der Waals surface area contributed by atoms with Crippen LogP contribution in [0.4, 0.5) is 0 Å². The molecule has 0 amide bonds. The Hall–Kier alpha value is -1.63. The SMILES string of the molecule is COCCOCCOCCOc1ccc(C=O)c(O)c1. The van der Waals surface area contributed by atoms with Crippen molar-refractivity contribution in [3.05, 3.63) is 23.8 Å². The number of hydrogen-bond acceptors (Lipinski definition) is 6. The maximum absolute atomic E-state index is 10.5. The number of aromatic hydroxyl groups is 1. The fourth-order valence-electron chi connectivity index (χ4n) is 1.40. The molecule has 0 saturated carbocycles. The van der Waals surface area contributed by atoms with Crippen LogP contribution in [0.3, 0.4) is 0 Å². The van der Waals surface area contributed by atoms with Crippen molar-refractivity contribution in [1.29, 1.82) is 0 Å². The lowest BCUT2D eigenvalue weighted by atomic mass is 10.2. The highest BCUT2D eigenvalue weighted by atomic mass is 16.6. The van der Waals surface area contributed by atoms with Crippen LogP contribution in [-0.2, 0) is 14.2 Å². The second-order valence-corrected chi connectivity index (χ2v) is 3.90. The molecule has 0 aliphatic carbocycles. The predicted molar refractivity (Wildman–Crippen MR) is 72.5 cm³/mol. The van der Waals surface area contributed by atoms with E-state index in [1.54, 1.807) is 13.2 Å². The Morgan fingerprint density at radius 2 is 1.70 bits per heavy atom. The van der Waals surface area contributed by atoms with E-state index in [1.807, 2.05) is 0 Å². The summed E-state index contributed by atoms with van der Waals surface area (Å²) < 4.78 is 20.7. The number of ether oxygens (including phenoxy) is 4. The van der Waals surface area contributed by atoms with Crippen LogP contribution >= 0.6 is 0 Å². The standard InChI is InChI=1S/C14H20O6/c1-17-4-5-18-6-7-19-8-9-20-13-3-2-12(11-15)14(16)10-13/h2-3,10-11,16H,4-9H2,1H3. The summed E-state index contributed by atoms with van der Waals surface area (Å²) in [6.07, 6.45) is 0.589. The van der Waals surface area contributed by atoms with Crippen molar-refractivity contribution in [2.75, 3.05) is 46.8 Å². The van der Waals surface area contributed by atoms with Crippen molar-refractivity contribution in [2.24, 2.45) is 0 Å². The van der Waals surface area contributed by atoms with Crippen LogP contribution < -0.4 is 4.74 Å². The minimum atomic E-state index is -0.0926. The summed E-state index contributed by atoms with van der Waals surface area (Å²) in [5.74, 6) is 0.401. The zero-order chi connectivity index (χ0) is 14.6. The molecule has 112 valence electrons. The molecule has 0 atom stereocenters. The van der Waals surface area contributed by atoms with Crippen LogP contribution in [0.15, 0.2) is 18.2 Å². The first-order valence-corrected chi connectivity index (χ1v) is 6.33. The first-order chi connectivity index (χ1) is 9.77. The lowest BCUT2D eigenvalue weighted by Crippen LogP contribution is -2.12. The Morgan fingerprint density at radius 1 is 1.05 bits per heavy atom. The van der Waals surface area contributed by atoms with Gasteiger partial charge in [-0.05, 0) is 12.1 Å². The quantitative estimate of drug-likeness (QED) is 0.487. The normalized spacial score (nSPS) is 10.4. The highest BCUT2D eigenvalue weighted by molar-refractivity contribution is 5.79. The fourth-order valence-corrected chi connectivity index (χ4v) is 1.40. The molecule has 0 unspecified atom stereocenters. The minimum absolute atomic E-state index is 0.0926. The number of methoxy groups -OCH3 is 1. The monoisotopic (exact) mass is 284 g/mol. The van der Waals surface area contributed by atoms with Crippen molar-refractivity contribution in [3.63, 3.8) is 0 Å². The Morgan fingerprint density at radius 3 is 2.30 bits per heavy atom. The van der Waals surface area contributed by atoms with E-state index >= 15 is 0 Å².